The van der Waals surface area contributed by atoms with Crippen molar-refractivity contribution < 1.29 is 9.13 Å². The van der Waals surface area contributed by atoms with Crippen LogP contribution in [0.15, 0.2) is 16.7 Å². The van der Waals surface area contributed by atoms with Crippen molar-refractivity contribution in [3.63, 3.8) is 0 Å². The SMILES string of the molecule is CC(Nc1ncc(Br)cc1F)C1CCCO1. The molecule has 1 aliphatic rings. The van der Waals surface area contributed by atoms with E-state index < -0.39 is 0 Å². The quantitative estimate of drug-likeness (QED) is 0.929. The number of halogens is 2. The number of nitrogens with zero attached hydrogens (tertiary/aromatic N) is 1. The molecule has 1 aromatic rings. The zero-order valence-corrected chi connectivity index (χ0v) is 10.6. The van der Waals surface area contributed by atoms with Crippen LogP contribution in [0.2, 0.25) is 0 Å². The Hall–Kier alpha value is -0.680. The van der Waals surface area contributed by atoms with Crippen LogP contribution in [0.4, 0.5) is 10.2 Å². The third-order valence-electron chi connectivity index (χ3n) is 2.69. The minimum atomic E-state index is -0.348. The largest absolute Gasteiger partial charge is 0.376 e. The summed E-state index contributed by atoms with van der Waals surface area (Å²) in [6.07, 6.45) is 3.83. The average Bonchev–Trinajstić information content (AvgIpc) is 2.75. The van der Waals surface area contributed by atoms with Crippen LogP contribution in [0.3, 0.4) is 0 Å². The maximum Gasteiger partial charge on any atom is 0.166 e. The van der Waals surface area contributed by atoms with Gasteiger partial charge < -0.3 is 10.1 Å². The fraction of sp³-hybridized carbons (Fsp3) is 0.545. The van der Waals surface area contributed by atoms with Crippen LogP contribution in [-0.2, 0) is 4.74 Å². The van der Waals surface area contributed by atoms with Crippen molar-refractivity contribution >= 4 is 21.7 Å². The summed E-state index contributed by atoms with van der Waals surface area (Å²) in [6, 6.07) is 1.48. The van der Waals surface area contributed by atoms with Crippen molar-refractivity contribution in [2.24, 2.45) is 0 Å². The molecule has 1 saturated heterocycles. The van der Waals surface area contributed by atoms with Gasteiger partial charge in [0, 0.05) is 17.3 Å². The van der Waals surface area contributed by atoms with E-state index in [2.05, 4.69) is 26.2 Å². The van der Waals surface area contributed by atoms with Gasteiger partial charge in [0.2, 0.25) is 0 Å². The van der Waals surface area contributed by atoms with Gasteiger partial charge in [-0.05, 0) is 41.8 Å². The van der Waals surface area contributed by atoms with Gasteiger partial charge in [-0.2, -0.15) is 0 Å². The molecule has 0 bridgehead atoms. The molecular weight excluding hydrogens is 275 g/mol. The highest BCUT2D eigenvalue weighted by molar-refractivity contribution is 9.10. The van der Waals surface area contributed by atoms with Crippen LogP contribution in [0.5, 0.6) is 0 Å². The van der Waals surface area contributed by atoms with Gasteiger partial charge in [0.15, 0.2) is 11.6 Å². The Morgan fingerprint density at radius 1 is 1.69 bits per heavy atom. The number of nitrogens with one attached hydrogen (secondary N) is 1. The van der Waals surface area contributed by atoms with E-state index in [-0.39, 0.29) is 23.8 Å². The lowest BCUT2D eigenvalue weighted by atomic mass is 10.1. The number of pyridine rings is 1. The predicted molar refractivity (Wildman–Crippen MR) is 64.0 cm³/mol. The summed E-state index contributed by atoms with van der Waals surface area (Å²) < 4.78 is 19.7. The van der Waals surface area contributed by atoms with E-state index in [1.54, 1.807) is 6.20 Å². The first-order valence-electron chi connectivity index (χ1n) is 5.36. The first kappa shape index (κ1) is 11.8. The van der Waals surface area contributed by atoms with Crippen molar-refractivity contribution in [3.05, 3.63) is 22.6 Å². The molecule has 1 N–H and O–H groups in total. The molecular formula is C11H14BrFN2O. The van der Waals surface area contributed by atoms with E-state index in [0.717, 1.165) is 19.4 Å². The summed E-state index contributed by atoms with van der Waals surface area (Å²) in [5.41, 5.74) is 0. The molecule has 0 aromatic carbocycles. The van der Waals surface area contributed by atoms with E-state index in [4.69, 9.17) is 4.74 Å². The van der Waals surface area contributed by atoms with Gasteiger partial charge in [0.25, 0.3) is 0 Å². The summed E-state index contributed by atoms with van der Waals surface area (Å²) in [6.45, 7) is 2.78. The molecule has 2 atom stereocenters. The van der Waals surface area contributed by atoms with E-state index >= 15 is 0 Å². The lowest BCUT2D eigenvalue weighted by Crippen LogP contribution is -2.30. The van der Waals surface area contributed by atoms with Gasteiger partial charge in [-0.1, -0.05) is 0 Å². The molecule has 0 saturated carbocycles. The second kappa shape index (κ2) is 5.10. The van der Waals surface area contributed by atoms with Crippen molar-refractivity contribution in [2.45, 2.75) is 31.9 Å². The monoisotopic (exact) mass is 288 g/mol. The molecule has 2 heterocycles. The van der Waals surface area contributed by atoms with Crippen molar-refractivity contribution in [1.29, 1.82) is 0 Å². The summed E-state index contributed by atoms with van der Waals surface area (Å²) in [5, 5.41) is 3.05. The summed E-state index contributed by atoms with van der Waals surface area (Å²) in [7, 11) is 0. The van der Waals surface area contributed by atoms with Crippen molar-refractivity contribution in [1.82, 2.24) is 4.98 Å². The Bertz CT molecular complexity index is 369. The van der Waals surface area contributed by atoms with Crippen LogP contribution in [-0.4, -0.2) is 23.7 Å². The number of aromatic nitrogens is 1. The maximum absolute atomic E-state index is 13.5. The Labute approximate surface area is 103 Å². The third-order valence-corrected chi connectivity index (χ3v) is 3.13. The molecule has 2 unspecified atom stereocenters. The van der Waals surface area contributed by atoms with E-state index in [9.17, 15) is 4.39 Å². The van der Waals surface area contributed by atoms with E-state index in [0.29, 0.717) is 4.47 Å². The highest BCUT2D eigenvalue weighted by atomic mass is 79.9. The number of rotatable bonds is 3. The van der Waals surface area contributed by atoms with Crippen molar-refractivity contribution in [2.75, 3.05) is 11.9 Å². The second-order valence-electron chi connectivity index (χ2n) is 3.97. The number of anilines is 1. The molecule has 0 radical (unpaired) electrons. The molecule has 0 amide bonds. The normalized spacial score (nSPS) is 22.1. The predicted octanol–water partition coefficient (Wildman–Crippen LogP) is 2.96. The summed E-state index contributed by atoms with van der Waals surface area (Å²) in [5.74, 6) is -0.0644. The standard InChI is InChI=1S/C11H14BrFN2O/c1-7(10-3-2-4-16-10)15-11-9(13)5-8(12)6-14-11/h5-7,10H,2-4H2,1H3,(H,14,15). The Morgan fingerprint density at radius 3 is 3.12 bits per heavy atom. The zero-order chi connectivity index (χ0) is 11.5. The fourth-order valence-corrected chi connectivity index (χ4v) is 2.13. The van der Waals surface area contributed by atoms with Crippen LogP contribution in [0.1, 0.15) is 19.8 Å². The number of hydrogen-bond acceptors (Lipinski definition) is 3. The highest BCUT2D eigenvalue weighted by Gasteiger charge is 2.23. The topological polar surface area (TPSA) is 34.2 Å². The highest BCUT2D eigenvalue weighted by Crippen LogP contribution is 2.21. The van der Waals surface area contributed by atoms with Crippen LogP contribution >= 0.6 is 15.9 Å². The molecule has 1 aliphatic heterocycles. The van der Waals surface area contributed by atoms with Gasteiger partial charge in [0.1, 0.15) is 0 Å². The minimum absolute atomic E-state index is 0.0747. The Kier molecular flexibility index (Phi) is 3.76. The fourth-order valence-electron chi connectivity index (χ4n) is 1.83. The van der Waals surface area contributed by atoms with Crippen LogP contribution in [0, 0.1) is 5.82 Å². The van der Waals surface area contributed by atoms with Gasteiger partial charge in [-0.25, -0.2) is 9.37 Å². The molecule has 88 valence electrons. The molecule has 2 rings (SSSR count). The second-order valence-corrected chi connectivity index (χ2v) is 4.88. The van der Waals surface area contributed by atoms with Gasteiger partial charge in [-0.3, -0.25) is 0 Å². The molecule has 0 aliphatic carbocycles. The zero-order valence-electron chi connectivity index (χ0n) is 9.04. The molecule has 3 nitrogen and oxygen atoms in total. The molecule has 16 heavy (non-hydrogen) atoms. The number of hydrogen-bond donors (Lipinski definition) is 1. The average molecular weight is 289 g/mol. The summed E-state index contributed by atoms with van der Waals surface area (Å²) in [4.78, 5) is 4.00. The van der Waals surface area contributed by atoms with Crippen LogP contribution in [0.25, 0.3) is 0 Å². The molecule has 5 heteroatoms. The Morgan fingerprint density at radius 2 is 2.50 bits per heavy atom. The molecule has 0 spiro atoms. The van der Waals surface area contributed by atoms with Crippen molar-refractivity contribution in [3.8, 4) is 0 Å². The Balaban J connectivity index is 2.02. The minimum Gasteiger partial charge on any atom is -0.376 e. The maximum atomic E-state index is 13.5. The summed E-state index contributed by atoms with van der Waals surface area (Å²) >= 11 is 3.17. The van der Waals surface area contributed by atoms with Crippen LogP contribution < -0.4 is 5.32 Å². The third kappa shape index (κ3) is 2.71. The smallest absolute Gasteiger partial charge is 0.166 e. The van der Waals surface area contributed by atoms with Gasteiger partial charge in [-0.15, -0.1) is 0 Å². The first-order valence-corrected chi connectivity index (χ1v) is 6.15. The lowest BCUT2D eigenvalue weighted by molar-refractivity contribution is 0.0995. The van der Waals surface area contributed by atoms with Gasteiger partial charge >= 0.3 is 0 Å². The molecule has 1 fully saturated rings. The number of ether oxygens (including phenoxy) is 1. The lowest BCUT2D eigenvalue weighted by Gasteiger charge is -2.20. The van der Waals surface area contributed by atoms with E-state index in [1.165, 1.54) is 6.07 Å². The van der Waals surface area contributed by atoms with E-state index in [1.807, 2.05) is 6.92 Å². The first-order chi connectivity index (χ1) is 7.66. The van der Waals surface area contributed by atoms with Gasteiger partial charge in [0.05, 0.1) is 12.1 Å². The molecule has 1 aromatic heterocycles.